The lowest BCUT2D eigenvalue weighted by molar-refractivity contribution is 0.0959. The standard InChI is InChI=1S/C27H30FN7O2/c1-29-25(36)20-14-18(6-9-22(20)28)21-15-30-24-23(21)26(37-3)33-27(32-24)31-19-7-4-17(5-8-19)16-35-12-10-34(2)11-13-35/h4-9,14-15H,10-13,16H2,1-3H3,(H,29,36)(H2,30,31,32,33). The minimum absolute atomic E-state index is 0.0383. The number of rotatable bonds is 7. The van der Waals surface area contributed by atoms with E-state index in [1.807, 2.05) is 12.1 Å². The number of H-pyrrole nitrogens is 1. The van der Waals surface area contributed by atoms with Gasteiger partial charge in [-0.2, -0.15) is 9.97 Å². The van der Waals surface area contributed by atoms with Crippen molar-refractivity contribution in [2.45, 2.75) is 6.54 Å². The zero-order chi connectivity index (χ0) is 25.9. The Morgan fingerprint density at radius 1 is 1.11 bits per heavy atom. The molecule has 0 spiro atoms. The SMILES string of the molecule is CNC(=O)c1cc(-c2c[nH]c3nc(Nc4ccc(CN5CCN(C)CC5)cc4)nc(OC)c23)ccc1F. The summed E-state index contributed by atoms with van der Waals surface area (Å²) in [5, 5.41) is 6.36. The van der Waals surface area contributed by atoms with E-state index in [9.17, 15) is 9.18 Å². The van der Waals surface area contributed by atoms with E-state index in [2.05, 4.69) is 54.6 Å². The summed E-state index contributed by atoms with van der Waals surface area (Å²) < 4.78 is 19.8. The van der Waals surface area contributed by atoms with Gasteiger partial charge in [-0.3, -0.25) is 9.69 Å². The highest BCUT2D eigenvalue weighted by atomic mass is 19.1. The molecule has 0 saturated carbocycles. The van der Waals surface area contributed by atoms with Gasteiger partial charge >= 0.3 is 0 Å². The van der Waals surface area contributed by atoms with Crippen LogP contribution in [0, 0.1) is 5.82 Å². The monoisotopic (exact) mass is 503 g/mol. The molecular formula is C27H30FN7O2. The van der Waals surface area contributed by atoms with E-state index in [0.29, 0.717) is 34.0 Å². The average molecular weight is 504 g/mol. The number of benzene rings is 2. The highest BCUT2D eigenvalue weighted by molar-refractivity contribution is 6.00. The highest BCUT2D eigenvalue weighted by Gasteiger charge is 2.19. The second-order valence-corrected chi connectivity index (χ2v) is 9.16. The van der Waals surface area contributed by atoms with E-state index < -0.39 is 11.7 Å². The summed E-state index contributed by atoms with van der Waals surface area (Å²) in [5.74, 6) is -0.341. The quantitative estimate of drug-likeness (QED) is 0.354. The third kappa shape index (κ3) is 5.25. The van der Waals surface area contributed by atoms with Crippen LogP contribution in [0.1, 0.15) is 15.9 Å². The van der Waals surface area contributed by atoms with Crippen molar-refractivity contribution >= 4 is 28.6 Å². The van der Waals surface area contributed by atoms with Gasteiger partial charge in [0, 0.05) is 57.2 Å². The Bertz CT molecular complexity index is 1410. The molecule has 1 aliphatic rings. The fraction of sp³-hybridized carbons (Fsp3) is 0.296. The Morgan fingerprint density at radius 2 is 1.86 bits per heavy atom. The molecule has 9 nitrogen and oxygen atoms in total. The molecular weight excluding hydrogens is 473 g/mol. The van der Waals surface area contributed by atoms with Crippen molar-refractivity contribution in [3.8, 4) is 17.0 Å². The molecule has 1 aliphatic heterocycles. The summed E-state index contributed by atoms with van der Waals surface area (Å²) in [7, 11) is 5.16. The number of carbonyl (C=O) groups is 1. The fourth-order valence-electron chi connectivity index (χ4n) is 4.52. The Hall–Kier alpha value is -4.02. The molecule has 0 radical (unpaired) electrons. The fourth-order valence-corrected chi connectivity index (χ4v) is 4.52. The van der Waals surface area contributed by atoms with Gasteiger partial charge in [-0.1, -0.05) is 18.2 Å². The number of fused-ring (bicyclic) bond motifs is 1. The van der Waals surface area contributed by atoms with E-state index in [1.54, 1.807) is 12.3 Å². The number of halogens is 1. The number of likely N-dealkylation sites (N-methyl/N-ethyl adjacent to an activating group) is 1. The van der Waals surface area contributed by atoms with E-state index >= 15 is 0 Å². The first-order chi connectivity index (χ1) is 17.9. The third-order valence-electron chi connectivity index (χ3n) is 6.65. The van der Waals surface area contributed by atoms with Crippen LogP contribution in [0.2, 0.25) is 0 Å². The van der Waals surface area contributed by atoms with Crippen LogP contribution in [-0.2, 0) is 6.54 Å². The number of piperazine rings is 1. The maximum absolute atomic E-state index is 14.2. The van der Waals surface area contributed by atoms with Crippen LogP contribution in [0.5, 0.6) is 5.88 Å². The van der Waals surface area contributed by atoms with Crippen LogP contribution < -0.4 is 15.4 Å². The number of methoxy groups -OCH3 is 1. The lowest BCUT2D eigenvalue weighted by Crippen LogP contribution is -2.43. The van der Waals surface area contributed by atoms with Crippen molar-refractivity contribution in [2.24, 2.45) is 0 Å². The molecule has 1 amide bonds. The minimum Gasteiger partial charge on any atom is -0.480 e. The lowest BCUT2D eigenvalue weighted by atomic mass is 10.0. The van der Waals surface area contributed by atoms with Crippen LogP contribution >= 0.6 is 0 Å². The topological polar surface area (TPSA) is 98.4 Å². The van der Waals surface area contributed by atoms with Crippen LogP contribution in [0.3, 0.4) is 0 Å². The number of carbonyl (C=O) groups excluding carboxylic acids is 1. The van der Waals surface area contributed by atoms with Crippen LogP contribution in [-0.4, -0.2) is 78.0 Å². The first-order valence-corrected chi connectivity index (χ1v) is 12.2. The molecule has 0 atom stereocenters. The lowest BCUT2D eigenvalue weighted by Gasteiger charge is -2.32. The first-order valence-electron chi connectivity index (χ1n) is 12.2. The van der Waals surface area contributed by atoms with Crippen molar-refractivity contribution in [3.05, 3.63) is 65.6 Å². The van der Waals surface area contributed by atoms with Crippen LogP contribution in [0.25, 0.3) is 22.2 Å². The molecule has 2 aromatic heterocycles. The highest BCUT2D eigenvalue weighted by Crippen LogP contribution is 2.35. The van der Waals surface area contributed by atoms with E-state index in [4.69, 9.17) is 4.74 Å². The van der Waals surface area contributed by atoms with Gasteiger partial charge in [-0.05, 0) is 42.4 Å². The van der Waals surface area contributed by atoms with E-state index in [-0.39, 0.29) is 5.56 Å². The summed E-state index contributed by atoms with van der Waals surface area (Å²) in [6.07, 6.45) is 1.75. The number of nitrogens with zero attached hydrogens (tertiary/aromatic N) is 4. The van der Waals surface area contributed by atoms with Gasteiger partial charge in [0.2, 0.25) is 11.8 Å². The number of aromatic nitrogens is 3. The van der Waals surface area contributed by atoms with Crippen molar-refractivity contribution in [1.82, 2.24) is 30.1 Å². The van der Waals surface area contributed by atoms with Crippen LogP contribution in [0.15, 0.2) is 48.7 Å². The Kier molecular flexibility index (Phi) is 7.02. The number of nitrogens with one attached hydrogen (secondary N) is 3. The summed E-state index contributed by atoms with van der Waals surface area (Å²) in [6.45, 7) is 5.28. The van der Waals surface area contributed by atoms with E-state index in [0.717, 1.165) is 38.4 Å². The molecule has 3 N–H and O–H groups in total. The first kappa shape index (κ1) is 24.7. The molecule has 4 aromatic rings. The third-order valence-corrected chi connectivity index (χ3v) is 6.65. The predicted octanol–water partition coefficient (Wildman–Crippen LogP) is 3.62. The number of anilines is 2. The van der Waals surface area contributed by atoms with Crippen molar-refractivity contribution < 1.29 is 13.9 Å². The zero-order valence-electron chi connectivity index (χ0n) is 21.1. The van der Waals surface area contributed by atoms with Crippen molar-refractivity contribution in [1.29, 1.82) is 0 Å². The molecule has 192 valence electrons. The second kappa shape index (κ2) is 10.5. The number of hydrogen-bond donors (Lipinski definition) is 3. The van der Waals surface area contributed by atoms with E-state index in [1.165, 1.54) is 31.9 Å². The molecule has 3 heterocycles. The molecule has 0 bridgehead atoms. The van der Waals surface area contributed by atoms with Gasteiger partial charge < -0.3 is 25.3 Å². The van der Waals surface area contributed by atoms with Gasteiger partial charge in [0.1, 0.15) is 11.5 Å². The molecule has 2 aromatic carbocycles. The minimum atomic E-state index is -0.591. The van der Waals surface area contributed by atoms with Gasteiger partial charge in [-0.25, -0.2) is 4.39 Å². The Morgan fingerprint density at radius 3 is 2.57 bits per heavy atom. The van der Waals surface area contributed by atoms with Gasteiger partial charge in [0.15, 0.2) is 0 Å². The molecule has 1 fully saturated rings. The number of amides is 1. The molecule has 5 rings (SSSR count). The summed E-state index contributed by atoms with van der Waals surface area (Å²) >= 11 is 0. The second-order valence-electron chi connectivity index (χ2n) is 9.16. The molecule has 1 saturated heterocycles. The van der Waals surface area contributed by atoms with Gasteiger partial charge in [-0.15, -0.1) is 0 Å². The molecule has 0 unspecified atom stereocenters. The average Bonchev–Trinajstić information content (AvgIpc) is 3.34. The van der Waals surface area contributed by atoms with Gasteiger partial charge in [0.25, 0.3) is 5.91 Å². The Balaban J connectivity index is 1.37. The largest absolute Gasteiger partial charge is 0.480 e. The number of aromatic amines is 1. The molecule has 37 heavy (non-hydrogen) atoms. The van der Waals surface area contributed by atoms with Crippen molar-refractivity contribution in [2.75, 3.05) is 52.7 Å². The smallest absolute Gasteiger partial charge is 0.254 e. The number of hydrogen-bond acceptors (Lipinski definition) is 7. The maximum atomic E-state index is 14.2. The maximum Gasteiger partial charge on any atom is 0.254 e. The predicted molar refractivity (Wildman–Crippen MR) is 142 cm³/mol. The summed E-state index contributed by atoms with van der Waals surface area (Å²) in [6, 6.07) is 12.7. The summed E-state index contributed by atoms with van der Waals surface area (Å²) in [5.41, 5.74) is 3.99. The normalized spacial score (nSPS) is 14.6. The summed E-state index contributed by atoms with van der Waals surface area (Å²) in [4.78, 5) is 29.2. The molecule has 0 aliphatic carbocycles. The number of ether oxygens (including phenoxy) is 1. The molecule has 10 heteroatoms. The Labute approximate surface area is 214 Å². The van der Waals surface area contributed by atoms with Crippen molar-refractivity contribution in [3.63, 3.8) is 0 Å². The van der Waals surface area contributed by atoms with Crippen LogP contribution in [0.4, 0.5) is 16.0 Å². The van der Waals surface area contributed by atoms with Gasteiger partial charge in [0.05, 0.1) is 18.1 Å². The zero-order valence-corrected chi connectivity index (χ0v) is 21.1.